The number of hydrogen-bond donors (Lipinski definition) is 4. The van der Waals surface area contributed by atoms with Crippen molar-refractivity contribution in [2.45, 2.75) is 103 Å². The number of aliphatic hydroxyl groups excluding tert-OH is 4. The Morgan fingerprint density at radius 1 is 0.557 bits per heavy atom. The maximum absolute atomic E-state index is 11.7. The summed E-state index contributed by atoms with van der Waals surface area (Å²) >= 11 is 0. The lowest BCUT2D eigenvalue weighted by Crippen LogP contribution is -2.46. The minimum absolute atomic E-state index is 0.295. The van der Waals surface area contributed by atoms with Gasteiger partial charge in [-0.1, -0.05) is 32.0 Å². The van der Waals surface area contributed by atoms with Gasteiger partial charge in [0.25, 0.3) is 0 Å². The van der Waals surface area contributed by atoms with Crippen LogP contribution in [-0.2, 0) is 26.2 Å². The molecule has 2 aliphatic rings. The molecule has 4 atom stereocenters. The van der Waals surface area contributed by atoms with Crippen LogP contribution in [0.15, 0.2) is 110 Å². The first-order chi connectivity index (χ1) is 34.0. The molecule has 70 heavy (non-hydrogen) atoms. The zero-order valence-corrected chi connectivity index (χ0v) is 41.8. The number of unbranched alkanes of at least 4 members (excludes halogenated alkanes) is 2. The van der Waals surface area contributed by atoms with Crippen LogP contribution in [0.2, 0.25) is 0 Å². The fraction of sp³-hybridized carbons (Fsp3) is 0.481. The number of β-amino-alcohol motifs (C(OH)–C–C–N with tert-alkyl or cyclic N) is 2. The Labute approximate surface area is 414 Å². The molecule has 2 aromatic heterocycles. The zero-order chi connectivity index (χ0) is 49.2. The average Bonchev–Trinajstić information content (AvgIpc) is 4.19. The Bertz CT molecular complexity index is 2550. The van der Waals surface area contributed by atoms with E-state index in [0.717, 1.165) is 94.9 Å². The summed E-state index contributed by atoms with van der Waals surface area (Å²) in [5.74, 6) is 2.64. The van der Waals surface area contributed by atoms with E-state index in [2.05, 4.69) is 76.2 Å². The van der Waals surface area contributed by atoms with Crippen molar-refractivity contribution in [2.24, 2.45) is 0 Å². The average molecular weight is 963 g/mol. The molecule has 5 aromatic rings. The fourth-order valence-electron chi connectivity index (χ4n) is 8.73. The number of anilines is 2. The highest BCUT2D eigenvalue weighted by molar-refractivity contribution is 5.63. The second-order valence-electron chi connectivity index (χ2n) is 19.0. The second kappa shape index (κ2) is 26.1. The molecular formula is C54H78N10O6+6. The molecule has 0 saturated heterocycles. The van der Waals surface area contributed by atoms with Crippen LogP contribution in [0.5, 0.6) is 23.0 Å². The summed E-state index contributed by atoms with van der Waals surface area (Å²) in [5.41, 5.74) is 1.87. The number of rotatable bonds is 30. The molecule has 0 bridgehead atoms. The van der Waals surface area contributed by atoms with Crippen molar-refractivity contribution in [1.82, 2.24) is 9.13 Å². The van der Waals surface area contributed by atoms with Gasteiger partial charge < -0.3 is 39.7 Å². The van der Waals surface area contributed by atoms with Gasteiger partial charge in [-0.05, 0) is 62.1 Å². The van der Waals surface area contributed by atoms with E-state index in [-0.39, 0.29) is 12.2 Å². The van der Waals surface area contributed by atoms with Gasteiger partial charge in [0.2, 0.25) is 38.2 Å². The van der Waals surface area contributed by atoms with Gasteiger partial charge in [-0.15, -0.1) is 9.15 Å². The van der Waals surface area contributed by atoms with E-state index >= 15 is 0 Å². The molecule has 374 valence electrons. The van der Waals surface area contributed by atoms with Crippen LogP contribution in [0.25, 0.3) is 0 Å². The van der Waals surface area contributed by atoms with E-state index in [1.165, 1.54) is 0 Å². The summed E-state index contributed by atoms with van der Waals surface area (Å²) in [6, 6.07) is 23.3. The van der Waals surface area contributed by atoms with E-state index in [0.29, 0.717) is 56.5 Å². The van der Waals surface area contributed by atoms with Crippen molar-refractivity contribution in [3.63, 3.8) is 0 Å². The van der Waals surface area contributed by atoms with Gasteiger partial charge in [0.1, 0.15) is 92.3 Å². The van der Waals surface area contributed by atoms with E-state index < -0.39 is 12.2 Å². The van der Waals surface area contributed by atoms with Crippen LogP contribution in [0.3, 0.4) is 0 Å². The molecule has 16 nitrogen and oxygen atoms in total. The maximum Gasteiger partial charge on any atom is 0.401 e. The monoisotopic (exact) mass is 963 g/mol. The second-order valence-corrected chi connectivity index (χ2v) is 19.0. The fourth-order valence-corrected chi connectivity index (χ4v) is 8.73. The number of ether oxygens (including phenoxy) is 2. The van der Waals surface area contributed by atoms with Crippen molar-refractivity contribution in [3.05, 3.63) is 110 Å². The van der Waals surface area contributed by atoms with E-state index in [1.54, 1.807) is 0 Å². The molecule has 4 unspecified atom stereocenters. The highest BCUT2D eigenvalue weighted by atomic mass is 16.5. The van der Waals surface area contributed by atoms with Gasteiger partial charge in [-0.25, -0.2) is 18.3 Å². The lowest BCUT2D eigenvalue weighted by atomic mass is 10.2. The topological polar surface area (TPSA) is 136 Å². The lowest BCUT2D eigenvalue weighted by molar-refractivity contribution is -0.703. The number of benzene rings is 3. The molecule has 0 saturated carbocycles. The summed E-state index contributed by atoms with van der Waals surface area (Å²) in [6.07, 6.45) is 24.3. The third-order valence-electron chi connectivity index (χ3n) is 12.7. The molecule has 4 heterocycles. The summed E-state index contributed by atoms with van der Waals surface area (Å²) in [7, 11) is 4.00. The number of aliphatic hydroxyl groups is 4. The van der Waals surface area contributed by atoms with Gasteiger partial charge in [0.15, 0.2) is 13.1 Å². The lowest BCUT2D eigenvalue weighted by Gasteiger charge is -2.28. The predicted molar refractivity (Wildman–Crippen MR) is 273 cm³/mol. The Balaban J connectivity index is 0.949. The molecule has 16 heteroatoms. The molecule has 3 aromatic carbocycles. The summed E-state index contributed by atoms with van der Waals surface area (Å²) in [6.45, 7) is 12.0. The van der Waals surface area contributed by atoms with Crippen molar-refractivity contribution in [1.29, 1.82) is 0 Å². The Kier molecular flexibility index (Phi) is 19.3. The smallest absolute Gasteiger partial charge is 0.401 e. The highest BCUT2D eigenvalue weighted by Gasteiger charge is 2.27. The normalized spacial score (nSPS) is 15.2. The SMILES string of the molecule is CCC(O)C[N+]1=CC[N+](CCCC[N+]2=C[N+](CC(O)CN(CC(O)C[n+]3ccn(CCCCn4cc[n+](CC(O)CC)c4)c3)c3cccc(Oc4cccc(Oc5cccc(N(C)C)c5)c4)c3)=CC2)=C1. The minimum atomic E-state index is -0.730. The van der Waals surface area contributed by atoms with Gasteiger partial charge in [0, 0.05) is 63.1 Å². The first-order valence-electron chi connectivity index (χ1n) is 25.2. The Hall–Kier alpha value is -6.20. The molecule has 0 radical (unpaired) electrons. The van der Waals surface area contributed by atoms with Crippen molar-refractivity contribution < 1.29 is 57.3 Å². The molecular weight excluding hydrogens is 885 g/mol. The molecule has 4 N–H and O–H groups in total. The molecule has 0 spiro atoms. The quantitative estimate of drug-likeness (QED) is 0.0404. The standard InChI is InChI=1S/C54H78N10O6/c1-5-47(65)35-60-28-24-56(41-60)20-7-9-22-58-26-30-62(43-58)37-49(67)39-64(40-50(68)38-63-31-27-59(44-63)23-10-8-21-57-25-29-61(42-57)36-48(66)6-2)46-15-12-17-52(33-46)70-54-19-13-18-53(34-54)69-51-16-11-14-45(32-51)55(3)4/h11-19,24,26,28-34,41-44,47-50,65-68H,5-10,20-23,25,27,35-40H2,1-4H3/q+6. The summed E-state index contributed by atoms with van der Waals surface area (Å²) < 4.78 is 29.8. The van der Waals surface area contributed by atoms with E-state index in [9.17, 15) is 20.4 Å². The largest absolute Gasteiger partial charge is 0.457 e. The number of imidazole rings is 2. The highest BCUT2D eigenvalue weighted by Crippen LogP contribution is 2.31. The van der Waals surface area contributed by atoms with Crippen LogP contribution in [0, 0.1) is 0 Å². The number of aryl methyl sites for hydroxylation is 2. The maximum atomic E-state index is 11.7. The third-order valence-corrected chi connectivity index (χ3v) is 12.7. The molecule has 7 rings (SSSR count). The van der Waals surface area contributed by atoms with Gasteiger partial charge in [0.05, 0.1) is 25.7 Å². The van der Waals surface area contributed by atoms with Gasteiger partial charge in [-0.3, -0.25) is 0 Å². The molecule has 2 aliphatic heterocycles. The zero-order valence-electron chi connectivity index (χ0n) is 41.8. The van der Waals surface area contributed by atoms with Crippen LogP contribution >= 0.6 is 0 Å². The number of nitrogens with zero attached hydrogens (tertiary/aromatic N) is 10. The molecule has 0 amide bonds. The number of aromatic nitrogens is 4. The molecule has 0 aliphatic carbocycles. The summed E-state index contributed by atoms with van der Waals surface area (Å²) in [5, 5.41) is 43.3. The summed E-state index contributed by atoms with van der Waals surface area (Å²) in [4.78, 5) is 4.09. The first-order valence-corrected chi connectivity index (χ1v) is 25.2. The van der Waals surface area contributed by atoms with Crippen molar-refractivity contribution in [2.75, 3.05) is 76.3 Å². The van der Waals surface area contributed by atoms with Gasteiger partial charge >= 0.3 is 12.7 Å². The first kappa shape index (κ1) is 51.6. The minimum Gasteiger partial charge on any atom is -0.457 e. The Morgan fingerprint density at radius 3 is 1.53 bits per heavy atom. The predicted octanol–water partition coefficient (Wildman–Crippen LogP) is 3.82. The van der Waals surface area contributed by atoms with Crippen LogP contribution in [0.1, 0.15) is 52.4 Å². The van der Waals surface area contributed by atoms with Gasteiger partial charge in [-0.2, -0.15) is 9.15 Å². The molecule has 0 fully saturated rings. The van der Waals surface area contributed by atoms with Crippen molar-refractivity contribution in [3.8, 4) is 23.0 Å². The van der Waals surface area contributed by atoms with E-state index in [4.69, 9.17) is 9.47 Å². The third kappa shape index (κ3) is 16.5. The van der Waals surface area contributed by atoms with Crippen LogP contribution < -0.4 is 28.4 Å². The van der Waals surface area contributed by atoms with Crippen LogP contribution in [-0.4, -0.2) is 164 Å². The Morgan fingerprint density at radius 2 is 1.00 bits per heavy atom. The van der Waals surface area contributed by atoms with Crippen LogP contribution in [0.4, 0.5) is 11.4 Å². The van der Waals surface area contributed by atoms with Crippen molar-refractivity contribution >= 4 is 36.5 Å². The number of hydrogen-bond acceptors (Lipinski definition) is 8. The van der Waals surface area contributed by atoms with E-state index in [1.807, 2.05) is 133 Å².